The average molecular weight is 622 g/mol. The highest BCUT2D eigenvalue weighted by molar-refractivity contribution is 6.69. The van der Waals surface area contributed by atoms with Gasteiger partial charge in [-0.25, -0.2) is 0 Å². The van der Waals surface area contributed by atoms with Crippen LogP contribution in [0, 0.1) is 0 Å². The van der Waals surface area contributed by atoms with Crippen molar-refractivity contribution in [1.82, 2.24) is 0 Å². The Hall–Kier alpha value is -5.60. The molecule has 0 aliphatic carbocycles. The monoisotopic (exact) mass is 622 g/mol. The van der Waals surface area contributed by atoms with Crippen LogP contribution in [-0.2, 0) is 0 Å². The van der Waals surface area contributed by atoms with E-state index in [1.54, 1.807) is 0 Å². The van der Waals surface area contributed by atoms with Gasteiger partial charge in [-0.2, -0.15) is 0 Å². The highest BCUT2D eigenvalue weighted by Gasteiger charge is 2.22. The van der Waals surface area contributed by atoms with Crippen LogP contribution in [0.2, 0.25) is 0 Å². The first-order valence-corrected chi connectivity index (χ1v) is 16.5. The highest BCUT2D eigenvalue weighted by atomic mass is 16.3. The Balaban J connectivity index is 1.37. The average Bonchev–Trinajstić information content (AvgIpc) is 3.55. The van der Waals surface area contributed by atoms with Gasteiger partial charge in [-0.3, -0.25) is 0 Å². The van der Waals surface area contributed by atoms with E-state index in [9.17, 15) is 0 Å². The summed E-state index contributed by atoms with van der Waals surface area (Å²) >= 11 is 0. The number of hydrogen-bond donors (Lipinski definition) is 0. The predicted molar refractivity (Wildman–Crippen MR) is 217 cm³/mol. The summed E-state index contributed by atoms with van der Waals surface area (Å²) in [6.45, 7) is 0. The second-order valence-corrected chi connectivity index (χ2v) is 12.7. The van der Waals surface area contributed by atoms with Crippen LogP contribution in [0.15, 0.2) is 144 Å². The van der Waals surface area contributed by atoms with Gasteiger partial charge < -0.3 is 4.42 Å². The summed E-state index contributed by atoms with van der Waals surface area (Å²) in [5.41, 5.74) is 11.1. The molecule has 0 fully saturated rings. The Morgan fingerprint density at radius 3 is 1.42 bits per heavy atom. The number of hydrogen-bond acceptors (Lipinski definition) is 1. The number of benzene rings is 8. The fraction of sp³-hybridized carbons (Fsp3) is 0. The molecule has 1 nitrogen and oxygen atoms in total. The number of furan rings is 1. The van der Waals surface area contributed by atoms with Crippen molar-refractivity contribution in [2.45, 2.75) is 0 Å². The van der Waals surface area contributed by atoms with E-state index in [1.807, 2.05) is 30.3 Å². The molecule has 0 spiro atoms. The molecule has 1 aromatic heterocycles. The second-order valence-electron chi connectivity index (χ2n) is 12.7. The summed E-state index contributed by atoms with van der Waals surface area (Å²) in [7, 11) is 32.4. The van der Waals surface area contributed by atoms with Crippen molar-refractivity contribution in [2.24, 2.45) is 0 Å². The normalized spacial score (nSPS) is 11.6. The lowest BCUT2D eigenvalue weighted by Crippen LogP contribution is -2.55. The third-order valence-electron chi connectivity index (χ3n) is 9.95. The Kier molecular flexibility index (Phi) is 7.18. The van der Waals surface area contributed by atoms with Gasteiger partial charge in [0.05, 0.1) is 0 Å². The molecule has 0 aliphatic rings. The standard InChI is InChI=1S/C44H23B5O/c45-40-39(41(46)43(48)44(49)42(40)47)37-30-17-6-4-15-28(30)35(29-16-5-7-18-31(29)37)25-13-10-14-26(23-25)36-27(24-11-2-1-3-12-24)21-22-34-38(36)32-19-8-9-20-33(32)50-34/h1-23H. The molecule has 9 aromatic rings. The summed E-state index contributed by atoms with van der Waals surface area (Å²) in [6, 6.07) is 48.4. The predicted octanol–water partition coefficient (Wildman–Crippen LogP) is 6.53. The Bertz CT molecular complexity index is 2730. The summed E-state index contributed by atoms with van der Waals surface area (Å²) in [5, 5.41) is 6.21. The summed E-state index contributed by atoms with van der Waals surface area (Å²) in [6.07, 6.45) is 0. The minimum atomic E-state index is 0.195. The molecular formula is C44H23B5O. The smallest absolute Gasteiger partial charge is 0.136 e. The van der Waals surface area contributed by atoms with Gasteiger partial charge >= 0.3 is 0 Å². The largest absolute Gasteiger partial charge is 0.456 e. The van der Waals surface area contributed by atoms with Crippen molar-refractivity contribution < 1.29 is 4.42 Å². The topological polar surface area (TPSA) is 13.1 Å². The van der Waals surface area contributed by atoms with Crippen LogP contribution in [0.5, 0.6) is 0 Å². The zero-order chi connectivity index (χ0) is 34.1. The third kappa shape index (κ3) is 4.55. The minimum Gasteiger partial charge on any atom is -0.456 e. The van der Waals surface area contributed by atoms with Crippen molar-refractivity contribution in [2.75, 3.05) is 0 Å². The van der Waals surface area contributed by atoms with Crippen LogP contribution in [0.25, 0.3) is 88.0 Å². The lowest BCUT2D eigenvalue weighted by molar-refractivity contribution is 0.669. The maximum Gasteiger partial charge on any atom is 0.136 e. The van der Waals surface area contributed by atoms with E-state index >= 15 is 0 Å². The second kappa shape index (κ2) is 11.8. The van der Waals surface area contributed by atoms with E-state index in [-0.39, 0.29) is 16.4 Å². The van der Waals surface area contributed by atoms with Crippen molar-refractivity contribution >= 4 is 110 Å². The zero-order valence-corrected chi connectivity index (χ0v) is 27.1. The van der Waals surface area contributed by atoms with E-state index in [0.29, 0.717) is 16.5 Å². The summed E-state index contributed by atoms with van der Waals surface area (Å²) in [5.74, 6) is 0. The van der Waals surface area contributed by atoms with Gasteiger partial charge in [0, 0.05) is 16.3 Å². The molecule has 10 radical (unpaired) electrons. The van der Waals surface area contributed by atoms with Crippen molar-refractivity contribution in [3.63, 3.8) is 0 Å². The SMILES string of the molecule is [B]c1c([B])c([B])c(-c2c3ccccc3c(-c3cccc(-c4c(-c5ccccc5)ccc5oc6ccccc6c45)c3)c3ccccc23)c([B])c1[B]. The minimum absolute atomic E-state index is 0.195. The first kappa shape index (κ1) is 30.5. The van der Waals surface area contributed by atoms with Crippen LogP contribution in [0.1, 0.15) is 0 Å². The number of rotatable bonds is 4. The van der Waals surface area contributed by atoms with Gasteiger partial charge in [-0.1, -0.05) is 132 Å². The van der Waals surface area contributed by atoms with Gasteiger partial charge in [-0.05, 0) is 78.7 Å². The Morgan fingerprint density at radius 2 is 0.800 bits per heavy atom. The Morgan fingerprint density at radius 1 is 0.320 bits per heavy atom. The van der Waals surface area contributed by atoms with Crippen molar-refractivity contribution in [1.29, 1.82) is 0 Å². The van der Waals surface area contributed by atoms with Crippen molar-refractivity contribution in [3.05, 3.63) is 140 Å². The van der Waals surface area contributed by atoms with E-state index in [1.165, 1.54) is 0 Å². The summed E-state index contributed by atoms with van der Waals surface area (Å²) in [4.78, 5) is 0. The zero-order valence-electron chi connectivity index (χ0n) is 27.1. The van der Waals surface area contributed by atoms with Crippen LogP contribution in [0.4, 0.5) is 0 Å². The Labute approximate surface area is 297 Å². The lowest BCUT2D eigenvalue weighted by atomic mass is 9.59. The van der Waals surface area contributed by atoms with Gasteiger partial charge in [0.2, 0.25) is 0 Å². The maximum atomic E-state index is 6.69. The van der Waals surface area contributed by atoms with E-state index in [0.717, 1.165) is 82.4 Å². The molecule has 0 atom stereocenters. The number of para-hydroxylation sites is 1. The highest BCUT2D eigenvalue weighted by Crippen LogP contribution is 2.46. The molecule has 0 N–H and O–H groups in total. The lowest BCUT2D eigenvalue weighted by Gasteiger charge is -2.25. The van der Waals surface area contributed by atoms with E-state index < -0.39 is 0 Å². The molecular weight excluding hydrogens is 599 g/mol. The molecule has 8 aromatic carbocycles. The first-order chi connectivity index (χ1) is 24.4. The third-order valence-corrected chi connectivity index (χ3v) is 9.95. The first-order valence-electron chi connectivity index (χ1n) is 16.5. The number of fused-ring (bicyclic) bond motifs is 5. The van der Waals surface area contributed by atoms with Crippen LogP contribution in [0.3, 0.4) is 0 Å². The van der Waals surface area contributed by atoms with Crippen LogP contribution in [-0.4, -0.2) is 39.2 Å². The fourth-order valence-corrected chi connectivity index (χ4v) is 7.63. The van der Waals surface area contributed by atoms with Gasteiger partial charge in [-0.15, -0.1) is 16.4 Å². The molecule has 1 heterocycles. The maximum absolute atomic E-state index is 6.69. The van der Waals surface area contributed by atoms with Gasteiger partial charge in [0.15, 0.2) is 0 Å². The summed E-state index contributed by atoms with van der Waals surface area (Å²) < 4.78 is 6.39. The van der Waals surface area contributed by atoms with Crippen LogP contribution < -0.4 is 27.3 Å². The van der Waals surface area contributed by atoms with Crippen molar-refractivity contribution in [3.8, 4) is 44.5 Å². The molecule has 6 heteroatoms. The quantitative estimate of drug-likeness (QED) is 0.161. The van der Waals surface area contributed by atoms with Crippen LogP contribution >= 0.6 is 0 Å². The molecule has 50 heavy (non-hydrogen) atoms. The van der Waals surface area contributed by atoms with Gasteiger partial charge in [0.25, 0.3) is 0 Å². The molecule has 0 bridgehead atoms. The van der Waals surface area contributed by atoms with Gasteiger partial charge in [0.1, 0.15) is 50.4 Å². The van der Waals surface area contributed by atoms with E-state index in [4.69, 9.17) is 43.6 Å². The molecule has 9 rings (SSSR count). The molecule has 220 valence electrons. The molecule has 0 amide bonds. The van der Waals surface area contributed by atoms with E-state index in [2.05, 4.69) is 109 Å². The molecule has 0 unspecified atom stereocenters. The molecule has 0 saturated heterocycles. The molecule has 0 saturated carbocycles. The molecule has 0 aliphatic heterocycles. The fourth-order valence-electron chi connectivity index (χ4n) is 7.63.